The maximum Gasteiger partial charge on any atom is 0.0903 e. The highest BCUT2D eigenvalue weighted by Gasteiger charge is 2.54. The molecule has 0 aromatic carbocycles. The van der Waals surface area contributed by atoms with Crippen molar-refractivity contribution >= 4 is 0 Å². The van der Waals surface area contributed by atoms with Crippen LogP contribution in [0.2, 0.25) is 0 Å². The highest BCUT2D eigenvalue weighted by atomic mass is 16.5. The minimum Gasteiger partial charge on any atom is -0.388 e. The van der Waals surface area contributed by atoms with E-state index in [0.717, 1.165) is 19.3 Å². The van der Waals surface area contributed by atoms with Gasteiger partial charge in [0.2, 0.25) is 0 Å². The summed E-state index contributed by atoms with van der Waals surface area (Å²) in [5, 5.41) is 19.4. The number of ether oxygens (including phenoxy) is 1. The number of rotatable bonds is 1. The van der Waals surface area contributed by atoms with Crippen LogP contribution < -0.4 is 0 Å². The molecule has 2 aliphatic rings. The lowest BCUT2D eigenvalue weighted by atomic mass is 9.59. The zero-order valence-electron chi connectivity index (χ0n) is 7.75. The van der Waals surface area contributed by atoms with Crippen LogP contribution in [0.15, 0.2) is 0 Å². The molecule has 0 unspecified atom stereocenters. The summed E-state index contributed by atoms with van der Waals surface area (Å²) >= 11 is 0. The van der Waals surface area contributed by atoms with Crippen LogP contribution in [0.1, 0.15) is 32.1 Å². The first kappa shape index (κ1) is 8.98. The van der Waals surface area contributed by atoms with Gasteiger partial charge < -0.3 is 9.84 Å². The Morgan fingerprint density at radius 3 is 2.15 bits per heavy atom. The summed E-state index contributed by atoms with van der Waals surface area (Å²) in [4.78, 5) is 0. The van der Waals surface area contributed by atoms with Crippen LogP contribution in [0, 0.1) is 16.7 Å². The molecule has 1 heterocycles. The number of hydrogen-bond acceptors (Lipinski definition) is 3. The van der Waals surface area contributed by atoms with Crippen LogP contribution in [-0.4, -0.2) is 23.9 Å². The predicted octanol–water partition coefficient (Wildman–Crippen LogP) is 1.22. The molecule has 1 N–H and O–H groups in total. The largest absolute Gasteiger partial charge is 0.388 e. The summed E-state index contributed by atoms with van der Waals surface area (Å²) in [6, 6.07) is 2.33. The van der Waals surface area contributed by atoms with Gasteiger partial charge >= 0.3 is 0 Å². The molecule has 0 spiro atoms. The SMILES string of the molecule is N#CC1(C2(O)CCC2)CCOCC1. The number of nitriles is 1. The van der Waals surface area contributed by atoms with E-state index >= 15 is 0 Å². The smallest absolute Gasteiger partial charge is 0.0903 e. The Kier molecular flexibility index (Phi) is 2.05. The second-order valence-corrected chi connectivity index (χ2v) is 4.19. The Bertz CT molecular complexity index is 234. The molecule has 3 heteroatoms. The molecule has 2 fully saturated rings. The van der Waals surface area contributed by atoms with Gasteiger partial charge in [-0.15, -0.1) is 0 Å². The Morgan fingerprint density at radius 2 is 1.77 bits per heavy atom. The minimum atomic E-state index is -0.703. The number of hydrogen-bond donors (Lipinski definition) is 1. The van der Waals surface area contributed by atoms with Crippen molar-refractivity contribution in [3.8, 4) is 6.07 Å². The van der Waals surface area contributed by atoms with Crippen LogP contribution in [0.3, 0.4) is 0 Å². The Morgan fingerprint density at radius 1 is 1.15 bits per heavy atom. The molecule has 0 radical (unpaired) electrons. The van der Waals surface area contributed by atoms with Crippen molar-refractivity contribution in [2.45, 2.75) is 37.7 Å². The van der Waals surface area contributed by atoms with Crippen LogP contribution in [0.25, 0.3) is 0 Å². The fraction of sp³-hybridized carbons (Fsp3) is 0.900. The van der Waals surface area contributed by atoms with E-state index in [-0.39, 0.29) is 0 Å². The first-order chi connectivity index (χ1) is 6.22. The van der Waals surface area contributed by atoms with Gasteiger partial charge in [0.15, 0.2) is 0 Å². The van der Waals surface area contributed by atoms with E-state index in [1.807, 2.05) is 0 Å². The Hall–Kier alpha value is -0.590. The van der Waals surface area contributed by atoms with Crippen molar-refractivity contribution in [2.24, 2.45) is 5.41 Å². The molecule has 13 heavy (non-hydrogen) atoms. The van der Waals surface area contributed by atoms with Gasteiger partial charge in [0.25, 0.3) is 0 Å². The Labute approximate surface area is 78.3 Å². The Balaban J connectivity index is 2.18. The first-order valence-electron chi connectivity index (χ1n) is 4.94. The summed E-state index contributed by atoms with van der Waals surface area (Å²) in [5.74, 6) is 0. The molecule has 1 saturated heterocycles. The summed E-state index contributed by atoms with van der Waals surface area (Å²) in [6.07, 6.45) is 4.03. The number of nitrogens with zero attached hydrogens (tertiary/aromatic N) is 1. The standard InChI is InChI=1S/C10H15NO2/c11-8-9(4-6-13-7-5-9)10(12)2-1-3-10/h12H,1-7H2. The van der Waals surface area contributed by atoms with E-state index in [0.29, 0.717) is 26.1 Å². The predicted molar refractivity (Wildman–Crippen MR) is 46.9 cm³/mol. The zero-order valence-corrected chi connectivity index (χ0v) is 7.75. The van der Waals surface area contributed by atoms with Gasteiger partial charge in [0, 0.05) is 13.2 Å². The molecule has 1 aliphatic heterocycles. The highest BCUT2D eigenvalue weighted by Crippen LogP contribution is 2.51. The second kappa shape index (κ2) is 2.97. The van der Waals surface area contributed by atoms with Crippen LogP contribution in [0.5, 0.6) is 0 Å². The lowest BCUT2D eigenvalue weighted by Gasteiger charge is -2.50. The van der Waals surface area contributed by atoms with E-state index in [4.69, 9.17) is 4.74 Å². The molecule has 3 nitrogen and oxygen atoms in total. The average molecular weight is 181 g/mol. The maximum absolute atomic E-state index is 10.2. The maximum atomic E-state index is 10.2. The van der Waals surface area contributed by atoms with Gasteiger partial charge in [0.1, 0.15) is 0 Å². The number of aliphatic hydroxyl groups is 1. The van der Waals surface area contributed by atoms with Crippen molar-refractivity contribution in [2.75, 3.05) is 13.2 Å². The van der Waals surface area contributed by atoms with Crippen LogP contribution in [-0.2, 0) is 4.74 Å². The van der Waals surface area contributed by atoms with Crippen molar-refractivity contribution < 1.29 is 9.84 Å². The minimum absolute atomic E-state index is 0.510. The van der Waals surface area contributed by atoms with Gasteiger partial charge in [-0.25, -0.2) is 0 Å². The van der Waals surface area contributed by atoms with Gasteiger partial charge in [-0.1, -0.05) is 0 Å². The zero-order chi connectivity index (χ0) is 9.36. The van der Waals surface area contributed by atoms with Crippen LogP contribution in [0.4, 0.5) is 0 Å². The fourth-order valence-electron chi connectivity index (χ4n) is 2.39. The monoisotopic (exact) mass is 181 g/mol. The quantitative estimate of drug-likeness (QED) is 0.661. The molecular weight excluding hydrogens is 166 g/mol. The second-order valence-electron chi connectivity index (χ2n) is 4.19. The highest BCUT2D eigenvalue weighted by molar-refractivity contribution is 5.15. The van der Waals surface area contributed by atoms with E-state index in [9.17, 15) is 10.4 Å². The topological polar surface area (TPSA) is 53.2 Å². The van der Waals surface area contributed by atoms with Gasteiger partial charge in [-0.2, -0.15) is 5.26 Å². The van der Waals surface area contributed by atoms with E-state index < -0.39 is 11.0 Å². The van der Waals surface area contributed by atoms with Crippen molar-refractivity contribution in [1.82, 2.24) is 0 Å². The fourth-order valence-corrected chi connectivity index (χ4v) is 2.39. The molecule has 0 aromatic rings. The lowest BCUT2D eigenvalue weighted by Crippen LogP contribution is -2.54. The average Bonchev–Trinajstić information content (AvgIpc) is 2.15. The molecule has 0 bridgehead atoms. The van der Waals surface area contributed by atoms with Crippen molar-refractivity contribution in [1.29, 1.82) is 5.26 Å². The van der Waals surface area contributed by atoms with Gasteiger partial charge in [0.05, 0.1) is 17.1 Å². The first-order valence-corrected chi connectivity index (χ1v) is 4.94. The van der Waals surface area contributed by atoms with Crippen LogP contribution >= 0.6 is 0 Å². The third kappa shape index (κ3) is 1.17. The van der Waals surface area contributed by atoms with E-state index in [2.05, 4.69) is 6.07 Å². The molecule has 0 aromatic heterocycles. The normalized spacial score (nSPS) is 30.2. The summed E-state index contributed by atoms with van der Waals surface area (Å²) < 4.78 is 5.23. The molecule has 72 valence electrons. The molecule has 2 rings (SSSR count). The molecule has 0 amide bonds. The third-order valence-electron chi connectivity index (χ3n) is 3.63. The summed E-state index contributed by atoms with van der Waals surface area (Å²) in [7, 11) is 0. The molecule has 0 atom stereocenters. The summed E-state index contributed by atoms with van der Waals surface area (Å²) in [6.45, 7) is 1.24. The molecule has 1 saturated carbocycles. The van der Waals surface area contributed by atoms with E-state index in [1.165, 1.54) is 0 Å². The van der Waals surface area contributed by atoms with Crippen molar-refractivity contribution in [3.63, 3.8) is 0 Å². The van der Waals surface area contributed by atoms with E-state index in [1.54, 1.807) is 0 Å². The lowest BCUT2D eigenvalue weighted by molar-refractivity contribution is -0.147. The third-order valence-corrected chi connectivity index (χ3v) is 3.63. The van der Waals surface area contributed by atoms with Crippen molar-refractivity contribution in [3.05, 3.63) is 0 Å². The molecular formula is C10H15NO2. The van der Waals surface area contributed by atoms with Gasteiger partial charge in [-0.05, 0) is 32.1 Å². The summed E-state index contributed by atoms with van der Waals surface area (Å²) in [5.41, 5.74) is -1.21. The van der Waals surface area contributed by atoms with Gasteiger partial charge in [-0.3, -0.25) is 0 Å². The molecule has 1 aliphatic carbocycles.